The molecule has 2 aromatic heterocycles. The van der Waals surface area contributed by atoms with Gasteiger partial charge in [0.15, 0.2) is 5.16 Å². The first kappa shape index (κ1) is 20.0. The first-order chi connectivity index (χ1) is 14.2. The average molecular weight is 427 g/mol. The number of aromatic amines is 1. The molecule has 4 aromatic rings. The van der Waals surface area contributed by atoms with Crippen LogP contribution in [0, 0.1) is 0 Å². The zero-order valence-electron chi connectivity index (χ0n) is 16.3. The Morgan fingerprint density at radius 3 is 2.79 bits per heavy atom. The Bertz CT molecular complexity index is 1200. The van der Waals surface area contributed by atoms with E-state index in [-0.39, 0.29) is 5.56 Å². The van der Waals surface area contributed by atoms with Gasteiger partial charge in [0.1, 0.15) is 5.82 Å². The molecule has 0 unspecified atom stereocenters. The zero-order chi connectivity index (χ0) is 20.2. The number of nitrogens with zero attached hydrogens (tertiary/aromatic N) is 3. The summed E-state index contributed by atoms with van der Waals surface area (Å²) in [6.07, 6.45) is 4.82. The topological polar surface area (TPSA) is 63.6 Å². The van der Waals surface area contributed by atoms with E-state index in [1.807, 2.05) is 18.2 Å². The fraction of sp³-hybridized carbons (Fsp3) is 0.318. The number of halogens is 1. The summed E-state index contributed by atoms with van der Waals surface area (Å²) >= 11 is 7.66. The summed E-state index contributed by atoms with van der Waals surface area (Å²) in [5, 5.41) is 2.07. The lowest BCUT2D eigenvalue weighted by molar-refractivity contribution is 0.563. The Labute approximate surface area is 178 Å². The highest BCUT2D eigenvalue weighted by atomic mass is 35.5. The van der Waals surface area contributed by atoms with Crippen LogP contribution in [-0.4, -0.2) is 19.5 Å². The van der Waals surface area contributed by atoms with Crippen molar-refractivity contribution in [1.29, 1.82) is 0 Å². The summed E-state index contributed by atoms with van der Waals surface area (Å²) in [6, 6.07) is 13.4. The second-order valence-corrected chi connectivity index (χ2v) is 8.44. The molecule has 0 radical (unpaired) electrons. The second-order valence-electron chi connectivity index (χ2n) is 7.06. The van der Waals surface area contributed by atoms with Crippen molar-refractivity contribution in [2.75, 3.05) is 0 Å². The van der Waals surface area contributed by atoms with Gasteiger partial charge in [-0.15, -0.1) is 0 Å². The molecule has 0 saturated carbocycles. The number of aryl methyl sites for hydroxylation is 1. The molecular weight excluding hydrogens is 404 g/mol. The van der Waals surface area contributed by atoms with Gasteiger partial charge < -0.3 is 9.55 Å². The first-order valence-electron chi connectivity index (χ1n) is 9.92. The van der Waals surface area contributed by atoms with Gasteiger partial charge in [0, 0.05) is 11.6 Å². The van der Waals surface area contributed by atoms with Gasteiger partial charge in [-0.05, 0) is 36.8 Å². The largest absolute Gasteiger partial charge is 0.319 e. The molecule has 0 aliphatic rings. The number of nitrogens with one attached hydrogen (secondary N) is 1. The highest BCUT2D eigenvalue weighted by Crippen LogP contribution is 2.27. The molecule has 4 rings (SSSR count). The number of H-pyrrole nitrogens is 1. The predicted octanol–water partition coefficient (Wildman–Crippen LogP) is 5.80. The lowest BCUT2D eigenvalue weighted by atomic mass is 10.2. The summed E-state index contributed by atoms with van der Waals surface area (Å²) in [4.78, 5) is 24.6. The first-order valence-corrected chi connectivity index (χ1v) is 11.3. The van der Waals surface area contributed by atoms with E-state index in [4.69, 9.17) is 16.6 Å². The van der Waals surface area contributed by atoms with Gasteiger partial charge in [0.25, 0.3) is 5.56 Å². The number of fused-ring (bicyclic) bond motifs is 2. The van der Waals surface area contributed by atoms with Crippen molar-refractivity contribution in [3.63, 3.8) is 0 Å². The van der Waals surface area contributed by atoms with Crippen LogP contribution in [-0.2, 0) is 12.3 Å². The molecule has 0 bridgehead atoms. The zero-order valence-corrected chi connectivity index (χ0v) is 17.9. The van der Waals surface area contributed by atoms with E-state index in [0.717, 1.165) is 29.2 Å². The molecule has 1 N–H and O–H groups in total. The Kier molecular flexibility index (Phi) is 6.21. The second kappa shape index (κ2) is 9.01. The Hall–Kier alpha value is -2.31. The molecule has 0 atom stereocenters. The summed E-state index contributed by atoms with van der Waals surface area (Å²) < 4.78 is 2.28. The molecule has 2 heterocycles. The van der Waals surface area contributed by atoms with Crippen LogP contribution in [0.2, 0.25) is 5.02 Å². The number of thioether (sulfide) groups is 1. The third kappa shape index (κ3) is 4.49. The van der Waals surface area contributed by atoms with Crippen molar-refractivity contribution in [2.24, 2.45) is 0 Å². The molecule has 0 amide bonds. The number of hydrogen-bond acceptors (Lipinski definition) is 4. The SMILES string of the molecule is CCCCCCn1c(SCc2nc3cc(Cl)ccc3c(=O)[nH]2)nc2ccccc21. The molecule has 0 saturated heterocycles. The van der Waals surface area contributed by atoms with Crippen molar-refractivity contribution in [1.82, 2.24) is 19.5 Å². The van der Waals surface area contributed by atoms with Crippen molar-refractivity contribution < 1.29 is 0 Å². The molecule has 7 heteroatoms. The molecule has 0 fully saturated rings. The summed E-state index contributed by atoms with van der Waals surface area (Å²) in [6.45, 7) is 3.17. The van der Waals surface area contributed by atoms with Crippen LogP contribution in [0.3, 0.4) is 0 Å². The Balaban J connectivity index is 1.59. The minimum atomic E-state index is -0.143. The van der Waals surface area contributed by atoms with E-state index in [2.05, 4.69) is 27.5 Å². The maximum Gasteiger partial charge on any atom is 0.258 e. The number of unbranched alkanes of at least 4 members (excludes halogenated alkanes) is 3. The van der Waals surface area contributed by atoms with E-state index in [9.17, 15) is 4.79 Å². The van der Waals surface area contributed by atoms with Crippen LogP contribution in [0.1, 0.15) is 38.4 Å². The number of hydrogen-bond donors (Lipinski definition) is 1. The molecular formula is C22H23ClN4OS. The number of aromatic nitrogens is 4. The van der Waals surface area contributed by atoms with Gasteiger partial charge >= 0.3 is 0 Å². The summed E-state index contributed by atoms with van der Waals surface area (Å²) in [7, 11) is 0. The van der Waals surface area contributed by atoms with Crippen molar-refractivity contribution >= 4 is 45.3 Å². The number of imidazole rings is 1. The minimum absolute atomic E-state index is 0.143. The smallest absolute Gasteiger partial charge is 0.258 e. The van der Waals surface area contributed by atoms with Gasteiger partial charge in [-0.2, -0.15) is 0 Å². The molecule has 0 aliphatic heterocycles. The van der Waals surface area contributed by atoms with Crippen molar-refractivity contribution in [3.05, 3.63) is 63.7 Å². The number of benzene rings is 2. The van der Waals surface area contributed by atoms with E-state index in [1.54, 1.807) is 30.0 Å². The molecule has 0 aliphatic carbocycles. The van der Waals surface area contributed by atoms with Crippen molar-refractivity contribution in [3.8, 4) is 0 Å². The number of rotatable bonds is 8. The maximum absolute atomic E-state index is 12.4. The van der Waals surface area contributed by atoms with Crippen LogP contribution < -0.4 is 5.56 Å². The average Bonchev–Trinajstić information content (AvgIpc) is 3.07. The van der Waals surface area contributed by atoms with Gasteiger partial charge in [-0.3, -0.25) is 4.79 Å². The monoisotopic (exact) mass is 426 g/mol. The summed E-state index contributed by atoms with van der Waals surface area (Å²) in [5.41, 5.74) is 2.62. The molecule has 2 aromatic carbocycles. The fourth-order valence-electron chi connectivity index (χ4n) is 3.44. The van der Waals surface area contributed by atoms with Crippen LogP contribution in [0.15, 0.2) is 52.4 Å². The van der Waals surface area contributed by atoms with Crippen LogP contribution in [0.4, 0.5) is 0 Å². The molecule has 29 heavy (non-hydrogen) atoms. The lowest BCUT2D eigenvalue weighted by Crippen LogP contribution is -2.11. The highest BCUT2D eigenvalue weighted by Gasteiger charge is 2.12. The van der Waals surface area contributed by atoms with E-state index >= 15 is 0 Å². The lowest BCUT2D eigenvalue weighted by Gasteiger charge is -2.09. The quantitative estimate of drug-likeness (QED) is 0.285. The normalized spacial score (nSPS) is 11.5. The van der Waals surface area contributed by atoms with Crippen LogP contribution in [0.25, 0.3) is 21.9 Å². The predicted molar refractivity (Wildman–Crippen MR) is 121 cm³/mol. The van der Waals surface area contributed by atoms with Gasteiger partial charge in [0.05, 0.1) is 27.7 Å². The van der Waals surface area contributed by atoms with E-state index in [1.165, 1.54) is 19.3 Å². The van der Waals surface area contributed by atoms with Gasteiger partial charge in [-0.1, -0.05) is 61.7 Å². The molecule has 0 spiro atoms. The Morgan fingerprint density at radius 2 is 1.93 bits per heavy atom. The van der Waals surface area contributed by atoms with E-state index < -0.39 is 0 Å². The third-order valence-electron chi connectivity index (χ3n) is 4.91. The minimum Gasteiger partial charge on any atom is -0.319 e. The third-order valence-corrected chi connectivity index (χ3v) is 6.13. The van der Waals surface area contributed by atoms with E-state index in [0.29, 0.717) is 27.5 Å². The number of para-hydroxylation sites is 2. The standard InChI is InChI=1S/C22H23ClN4OS/c1-2-3-4-7-12-27-19-9-6-5-8-17(19)25-22(27)29-14-20-24-18-13-15(23)10-11-16(18)21(28)26-20/h5-6,8-11,13H,2-4,7,12,14H2,1H3,(H,24,26,28). The maximum atomic E-state index is 12.4. The highest BCUT2D eigenvalue weighted by molar-refractivity contribution is 7.98. The summed E-state index contributed by atoms with van der Waals surface area (Å²) in [5.74, 6) is 1.16. The van der Waals surface area contributed by atoms with Gasteiger partial charge in [-0.25, -0.2) is 9.97 Å². The van der Waals surface area contributed by atoms with Crippen LogP contribution in [0.5, 0.6) is 0 Å². The molecule has 150 valence electrons. The van der Waals surface area contributed by atoms with Crippen LogP contribution >= 0.6 is 23.4 Å². The Morgan fingerprint density at radius 1 is 1.07 bits per heavy atom. The van der Waals surface area contributed by atoms with Crippen molar-refractivity contribution in [2.45, 2.75) is 50.1 Å². The fourth-order valence-corrected chi connectivity index (χ4v) is 4.52. The molecule has 5 nitrogen and oxygen atoms in total. The van der Waals surface area contributed by atoms with Gasteiger partial charge in [0.2, 0.25) is 0 Å².